The average Bonchev–Trinajstić information content (AvgIpc) is 2.60. The van der Waals surface area contributed by atoms with Crippen LogP contribution in [0, 0.1) is 5.82 Å². The molecule has 4 nitrogen and oxygen atoms in total. The third-order valence-electron chi connectivity index (χ3n) is 1.88. The molecule has 0 atom stereocenters. The van der Waals surface area contributed by atoms with E-state index in [1.807, 2.05) is 0 Å². The Morgan fingerprint density at radius 3 is 3.07 bits per heavy atom. The molecule has 0 spiro atoms. The molecule has 0 saturated heterocycles. The van der Waals surface area contributed by atoms with E-state index in [9.17, 15) is 4.39 Å². The van der Waals surface area contributed by atoms with Gasteiger partial charge in [0.15, 0.2) is 11.5 Å². The molecule has 1 aliphatic heterocycles. The lowest BCUT2D eigenvalue weighted by Crippen LogP contribution is -2.02. The highest BCUT2D eigenvalue weighted by Gasteiger charge is 2.22. The first-order chi connectivity index (χ1) is 6.74. The fourth-order valence-electron chi connectivity index (χ4n) is 1.23. The zero-order valence-electron chi connectivity index (χ0n) is 7.05. The predicted molar refractivity (Wildman–Crippen MR) is 49.2 cm³/mol. The highest BCUT2D eigenvalue weighted by Crippen LogP contribution is 2.42. The third-order valence-corrected chi connectivity index (χ3v) is 2.72. The van der Waals surface area contributed by atoms with Crippen molar-refractivity contribution < 1.29 is 18.7 Å². The largest absolute Gasteiger partial charge is 0.453 e. The van der Waals surface area contributed by atoms with Gasteiger partial charge in [-0.05, 0) is 15.9 Å². The summed E-state index contributed by atoms with van der Waals surface area (Å²) in [5.74, 6) is 5.31. The molecule has 6 heteroatoms. The van der Waals surface area contributed by atoms with E-state index in [-0.39, 0.29) is 13.4 Å². The van der Waals surface area contributed by atoms with Crippen LogP contribution in [0.5, 0.6) is 11.5 Å². The molecule has 14 heavy (non-hydrogen) atoms. The van der Waals surface area contributed by atoms with Gasteiger partial charge in [-0.25, -0.2) is 10.3 Å². The topological polar surface area (TPSA) is 53.7 Å². The van der Waals surface area contributed by atoms with Crippen LogP contribution < -0.4 is 15.4 Å². The summed E-state index contributed by atoms with van der Waals surface area (Å²) < 4.78 is 24.0. The molecule has 0 unspecified atom stereocenters. The van der Waals surface area contributed by atoms with E-state index < -0.39 is 5.82 Å². The van der Waals surface area contributed by atoms with Crippen LogP contribution in [0.1, 0.15) is 5.56 Å². The van der Waals surface area contributed by atoms with Crippen LogP contribution in [-0.2, 0) is 11.4 Å². The van der Waals surface area contributed by atoms with Crippen LogP contribution in [0.15, 0.2) is 10.5 Å². The average molecular weight is 264 g/mol. The summed E-state index contributed by atoms with van der Waals surface area (Å²) in [7, 11) is 0. The lowest BCUT2D eigenvalue weighted by atomic mass is 10.2. The normalized spacial score (nSPS) is 13.4. The Kier molecular flexibility index (Phi) is 2.58. The van der Waals surface area contributed by atoms with E-state index in [0.29, 0.717) is 21.5 Å². The SMILES string of the molecule is NOCc1c(F)cc2c(c1Br)OCO2. The minimum Gasteiger partial charge on any atom is -0.453 e. The molecular weight excluding hydrogens is 257 g/mol. The molecule has 2 rings (SSSR count). The Labute approximate surface area is 87.8 Å². The Morgan fingerprint density at radius 2 is 2.36 bits per heavy atom. The molecule has 0 fully saturated rings. The van der Waals surface area contributed by atoms with Crippen LogP contribution in [0.3, 0.4) is 0 Å². The van der Waals surface area contributed by atoms with E-state index in [0.717, 1.165) is 0 Å². The Bertz CT molecular complexity index is 372. The monoisotopic (exact) mass is 263 g/mol. The molecule has 0 aliphatic carbocycles. The number of benzene rings is 1. The molecule has 0 bridgehead atoms. The van der Waals surface area contributed by atoms with E-state index >= 15 is 0 Å². The van der Waals surface area contributed by atoms with Gasteiger partial charge in [0.1, 0.15) is 5.82 Å². The minimum atomic E-state index is -0.438. The maximum absolute atomic E-state index is 13.4. The molecule has 0 aromatic heterocycles. The van der Waals surface area contributed by atoms with Gasteiger partial charge < -0.3 is 9.47 Å². The lowest BCUT2D eigenvalue weighted by Gasteiger charge is -2.07. The highest BCUT2D eigenvalue weighted by atomic mass is 79.9. The second kappa shape index (κ2) is 3.72. The van der Waals surface area contributed by atoms with Gasteiger partial charge in [-0.3, -0.25) is 4.84 Å². The molecule has 76 valence electrons. The van der Waals surface area contributed by atoms with Gasteiger partial charge in [0.25, 0.3) is 0 Å². The second-order valence-corrected chi connectivity index (χ2v) is 3.49. The Morgan fingerprint density at radius 1 is 1.57 bits per heavy atom. The van der Waals surface area contributed by atoms with E-state index in [1.54, 1.807) is 0 Å². The van der Waals surface area contributed by atoms with Crippen molar-refractivity contribution in [2.75, 3.05) is 6.79 Å². The zero-order valence-corrected chi connectivity index (χ0v) is 8.64. The molecule has 0 amide bonds. The first kappa shape index (κ1) is 9.70. The van der Waals surface area contributed by atoms with Crippen molar-refractivity contribution in [2.45, 2.75) is 6.61 Å². The van der Waals surface area contributed by atoms with Crippen molar-refractivity contribution >= 4 is 15.9 Å². The summed E-state index contributed by atoms with van der Waals surface area (Å²) in [5, 5.41) is 0. The Balaban J connectivity index is 2.51. The van der Waals surface area contributed by atoms with E-state index in [2.05, 4.69) is 20.8 Å². The predicted octanol–water partition coefficient (Wildman–Crippen LogP) is 1.71. The van der Waals surface area contributed by atoms with Crippen molar-refractivity contribution in [2.24, 2.45) is 5.90 Å². The van der Waals surface area contributed by atoms with E-state index in [4.69, 9.17) is 15.4 Å². The summed E-state index contributed by atoms with van der Waals surface area (Å²) in [6, 6.07) is 1.25. The number of nitrogens with two attached hydrogens (primary N) is 1. The maximum atomic E-state index is 13.4. The molecular formula is C8H7BrFNO3. The van der Waals surface area contributed by atoms with Gasteiger partial charge in [0, 0.05) is 11.6 Å². The molecule has 0 radical (unpaired) electrons. The van der Waals surface area contributed by atoms with Crippen molar-refractivity contribution in [1.82, 2.24) is 0 Å². The smallest absolute Gasteiger partial charge is 0.231 e. The number of halogens is 2. The fraction of sp³-hybridized carbons (Fsp3) is 0.250. The standard InChI is InChI=1S/C8H7BrFNO3/c9-7-4(2-14-11)5(10)1-6-8(7)13-3-12-6/h1H,2-3,11H2. The fourth-order valence-corrected chi connectivity index (χ4v) is 1.84. The summed E-state index contributed by atoms with van der Waals surface area (Å²) in [6.45, 7) is 0.0728. The third kappa shape index (κ3) is 1.45. The summed E-state index contributed by atoms with van der Waals surface area (Å²) in [4.78, 5) is 4.38. The first-order valence-corrected chi connectivity index (χ1v) is 4.61. The van der Waals surface area contributed by atoms with Crippen LogP contribution in [-0.4, -0.2) is 6.79 Å². The van der Waals surface area contributed by atoms with Crippen LogP contribution in [0.2, 0.25) is 0 Å². The minimum absolute atomic E-state index is 0.0247. The molecule has 1 heterocycles. The lowest BCUT2D eigenvalue weighted by molar-refractivity contribution is 0.121. The Hall–Kier alpha value is -0.850. The van der Waals surface area contributed by atoms with Crippen molar-refractivity contribution in [1.29, 1.82) is 0 Å². The van der Waals surface area contributed by atoms with Gasteiger partial charge in [-0.15, -0.1) is 0 Å². The molecule has 1 aliphatic rings. The van der Waals surface area contributed by atoms with Crippen molar-refractivity contribution in [3.8, 4) is 11.5 Å². The number of fused-ring (bicyclic) bond motifs is 1. The summed E-state index contributed by atoms with van der Waals surface area (Å²) >= 11 is 3.20. The number of hydrogen-bond donors (Lipinski definition) is 1. The second-order valence-electron chi connectivity index (χ2n) is 2.70. The van der Waals surface area contributed by atoms with Crippen LogP contribution >= 0.6 is 15.9 Å². The maximum Gasteiger partial charge on any atom is 0.231 e. The number of ether oxygens (including phenoxy) is 2. The zero-order chi connectivity index (χ0) is 10.1. The highest BCUT2D eigenvalue weighted by molar-refractivity contribution is 9.10. The molecule has 1 aromatic carbocycles. The van der Waals surface area contributed by atoms with Gasteiger partial charge in [0.2, 0.25) is 6.79 Å². The molecule has 1 aromatic rings. The van der Waals surface area contributed by atoms with Gasteiger partial charge in [-0.2, -0.15) is 0 Å². The van der Waals surface area contributed by atoms with Gasteiger partial charge >= 0.3 is 0 Å². The van der Waals surface area contributed by atoms with E-state index in [1.165, 1.54) is 6.07 Å². The number of hydrogen-bond acceptors (Lipinski definition) is 4. The van der Waals surface area contributed by atoms with Gasteiger partial charge in [-0.1, -0.05) is 0 Å². The van der Waals surface area contributed by atoms with Gasteiger partial charge in [0.05, 0.1) is 11.1 Å². The first-order valence-electron chi connectivity index (χ1n) is 3.82. The molecule has 0 saturated carbocycles. The van der Waals surface area contributed by atoms with Crippen LogP contribution in [0.4, 0.5) is 4.39 Å². The number of rotatable bonds is 2. The quantitative estimate of drug-likeness (QED) is 0.826. The summed E-state index contributed by atoms with van der Waals surface area (Å²) in [6.07, 6.45) is 0. The van der Waals surface area contributed by atoms with Crippen LogP contribution in [0.25, 0.3) is 0 Å². The van der Waals surface area contributed by atoms with Crippen molar-refractivity contribution in [3.05, 3.63) is 21.9 Å². The summed E-state index contributed by atoms with van der Waals surface area (Å²) in [5.41, 5.74) is 0.316. The van der Waals surface area contributed by atoms with Crippen molar-refractivity contribution in [3.63, 3.8) is 0 Å². The molecule has 2 N–H and O–H groups in total.